The van der Waals surface area contributed by atoms with Crippen LogP contribution in [0.5, 0.6) is 0 Å². The monoisotopic (exact) mass is 368 g/mol. The number of nitrogen functional groups attached to an aromatic ring is 1. The number of carbonyl (C=O) groups excluding carboxylic acids is 2. The van der Waals surface area contributed by atoms with Gasteiger partial charge < -0.3 is 16.4 Å². The second-order valence-corrected chi connectivity index (χ2v) is 7.17. The molecular formula is C21H28N4O2. The number of nitrogens with two attached hydrogens (primary N) is 1. The Balaban J connectivity index is 1.91. The van der Waals surface area contributed by atoms with E-state index in [2.05, 4.69) is 29.5 Å². The third-order valence-corrected chi connectivity index (χ3v) is 4.26. The van der Waals surface area contributed by atoms with Gasteiger partial charge in [0.25, 0.3) is 11.8 Å². The molecule has 1 aromatic heterocycles. The second kappa shape index (κ2) is 9.71. The normalized spacial score (nSPS) is 11.9. The molecule has 0 aliphatic rings. The number of nitrogens with zero attached hydrogens (tertiary/aromatic N) is 1. The number of carbonyl (C=O) groups is 2. The van der Waals surface area contributed by atoms with Crippen molar-refractivity contribution < 1.29 is 9.59 Å². The van der Waals surface area contributed by atoms with Gasteiger partial charge >= 0.3 is 0 Å². The molecule has 1 unspecified atom stereocenters. The van der Waals surface area contributed by atoms with Crippen LogP contribution in [0.1, 0.15) is 60.9 Å². The van der Waals surface area contributed by atoms with Crippen molar-refractivity contribution in [3.63, 3.8) is 0 Å². The molecule has 0 aliphatic heterocycles. The fourth-order valence-corrected chi connectivity index (χ4v) is 2.67. The Morgan fingerprint density at radius 2 is 1.78 bits per heavy atom. The standard InChI is InChI=1S/C21H28N4O2/c1-14(2)7-6-8-15(3)24-20(26)16-11-12-19(23-13-16)21(27)25-18-10-5-4-9-17(18)22/h4-5,9-15H,6-8,22H2,1-3H3,(H,24,26)(H,25,27). The smallest absolute Gasteiger partial charge is 0.274 e. The van der Waals surface area contributed by atoms with Crippen LogP contribution in [0.3, 0.4) is 0 Å². The number of aromatic nitrogens is 1. The molecule has 2 rings (SSSR count). The Labute approximate surface area is 160 Å². The molecular weight excluding hydrogens is 340 g/mol. The molecule has 0 spiro atoms. The van der Waals surface area contributed by atoms with E-state index in [0.29, 0.717) is 22.9 Å². The summed E-state index contributed by atoms with van der Waals surface area (Å²) in [6.45, 7) is 6.38. The average molecular weight is 368 g/mol. The maximum atomic E-state index is 12.3. The molecule has 1 heterocycles. The summed E-state index contributed by atoms with van der Waals surface area (Å²) in [7, 11) is 0. The van der Waals surface area contributed by atoms with E-state index in [0.717, 1.165) is 19.3 Å². The Bertz CT molecular complexity index is 772. The van der Waals surface area contributed by atoms with E-state index in [-0.39, 0.29) is 23.6 Å². The number of hydrogen-bond donors (Lipinski definition) is 3. The summed E-state index contributed by atoms with van der Waals surface area (Å²) in [6.07, 6.45) is 4.59. The molecule has 0 radical (unpaired) electrons. The fraction of sp³-hybridized carbons (Fsp3) is 0.381. The summed E-state index contributed by atoms with van der Waals surface area (Å²) in [5, 5.41) is 5.68. The van der Waals surface area contributed by atoms with E-state index < -0.39 is 0 Å². The van der Waals surface area contributed by atoms with Crippen LogP contribution in [-0.2, 0) is 0 Å². The SMILES string of the molecule is CC(C)CCCC(C)NC(=O)c1ccc(C(=O)Nc2ccccc2N)nc1. The van der Waals surface area contributed by atoms with Crippen molar-refractivity contribution >= 4 is 23.2 Å². The van der Waals surface area contributed by atoms with Crippen LogP contribution < -0.4 is 16.4 Å². The first-order chi connectivity index (χ1) is 12.9. The van der Waals surface area contributed by atoms with Crippen molar-refractivity contribution in [2.45, 2.75) is 46.1 Å². The Hall–Kier alpha value is -2.89. The average Bonchev–Trinajstić information content (AvgIpc) is 2.63. The highest BCUT2D eigenvalue weighted by Crippen LogP contribution is 2.17. The lowest BCUT2D eigenvalue weighted by molar-refractivity contribution is 0.0935. The highest BCUT2D eigenvalue weighted by atomic mass is 16.2. The molecule has 0 fully saturated rings. The molecule has 4 N–H and O–H groups in total. The summed E-state index contributed by atoms with van der Waals surface area (Å²) < 4.78 is 0. The maximum absolute atomic E-state index is 12.3. The molecule has 1 aromatic carbocycles. The Morgan fingerprint density at radius 3 is 2.41 bits per heavy atom. The van der Waals surface area contributed by atoms with E-state index in [1.54, 1.807) is 30.3 Å². The van der Waals surface area contributed by atoms with Gasteiger partial charge in [-0.15, -0.1) is 0 Å². The van der Waals surface area contributed by atoms with E-state index >= 15 is 0 Å². The van der Waals surface area contributed by atoms with Crippen LogP contribution in [0.4, 0.5) is 11.4 Å². The predicted molar refractivity (Wildman–Crippen MR) is 109 cm³/mol. The number of para-hydroxylation sites is 2. The topological polar surface area (TPSA) is 97.1 Å². The molecule has 1 atom stereocenters. The Kier molecular flexibility index (Phi) is 7.34. The summed E-state index contributed by atoms with van der Waals surface area (Å²) in [6, 6.07) is 10.2. The van der Waals surface area contributed by atoms with Crippen molar-refractivity contribution in [1.82, 2.24) is 10.3 Å². The first-order valence-electron chi connectivity index (χ1n) is 9.29. The van der Waals surface area contributed by atoms with Gasteiger partial charge in [-0.2, -0.15) is 0 Å². The van der Waals surface area contributed by atoms with Crippen LogP contribution >= 0.6 is 0 Å². The molecule has 6 nitrogen and oxygen atoms in total. The summed E-state index contributed by atoms with van der Waals surface area (Å²) in [4.78, 5) is 28.7. The number of anilines is 2. The highest BCUT2D eigenvalue weighted by Gasteiger charge is 2.13. The van der Waals surface area contributed by atoms with Crippen LogP contribution in [-0.4, -0.2) is 22.8 Å². The van der Waals surface area contributed by atoms with Crippen molar-refractivity contribution in [2.24, 2.45) is 5.92 Å². The second-order valence-electron chi connectivity index (χ2n) is 7.17. The van der Waals surface area contributed by atoms with E-state index in [1.165, 1.54) is 12.3 Å². The number of rotatable bonds is 8. The van der Waals surface area contributed by atoms with Gasteiger partial charge in [-0.1, -0.05) is 38.8 Å². The summed E-state index contributed by atoms with van der Waals surface area (Å²) >= 11 is 0. The number of nitrogens with one attached hydrogen (secondary N) is 2. The number of benzene rings is 1. The van der Waals surface area contributed by atoms with E-state index in [1.807, 2.05) is 6.92 Å². The minimum Gasteiger partial charge on any atom is -0.397 e. The van der Waals surface area contributed by atoms with Gasteiger partial charge in [0, 0.05) is 12.2 Å². The van der Waals surface area contributed by atoms with Gasteiger partial charge in [0.1, 0.15) is 5.69 Å². The number of hydrogen-bond acceptors (Lipinski definition) is 4. The molecule has 27 heavy (non-hydrogen) atoms. The molecule has 0 saturated heterocycles. The van der Waals surface area contributed by atoms with Crippen LogP contribution in [0.2, 0.25) is 0 Å². The van der Waals surface area contributed by atoms with Crippen LogP contribution in [0.15, 0.2) is 42.6 Å². The number of amides is 2. The summed E-state index contributed by atoms with van der Waals surface area (Å²) in [5.41, 5.74) is 7.48. The first-order valence-corrected chi connectivity index (χ1v) is 9.29. The third-order valence-electron chi connectivity index (χ3n) is 4.26. The molecule has 0 aliphatic carbocycles. The van der Waals surface area contributed by atoms with Crippen molar-refractivity contribution in [1.29, 1.82) is 0 Å². The van der Waals surface area contributed by atoms with Gasteiger partial charge in [0.05, 0.1) is 16.9 Å². The minimum absolute atomic E-state index is 0.0975. The van der Waals surface area contributed by atoms with Gasteiger partial charge in [0.15, 0.2) is 0 Å². The zero-order valence-electron chi connectivity index (χ0n) is 16.2. The predicted octanol–water partition coefficient (Wildman–Crippen LogP) is 3.86. The first kappa shape index (κ1) is 20.4. The summed E-state index contributed by atoms with van der Waals surface area (Å²) in [5.74, 6) is 0.114. The third kappa shape index (κ3) is 6.40. The Morgan fingerprint density at radius 1 is 1.04 bits per heavy atom. The zero-order chi connectivity index (χ0) is 19.8. The molecule has 6 heteroatoms. The van der Waals surface area contributed by atoms with E-state index in [9.17, 15) is 9.59 Å². The largest absolute Gasteiger partial charge is 0.397 e. The lowest BCUT2D eigenvalue weighted by atomic mass is 10.0. The van der Waals surface area contributed by atoms with Crippen molar-refractivity contribution in [2.75, 3.05) is 11.1 Å². The van der Waals surface area contributed by atoms with E-state index in [4.69, 9.17) is 5.73 Å². The van der Waals surface area contributed by atoms with Gasteiger partial charge in [-0.25, -0.2) is 0 Å². The van der Waals surface area contributed by atoms with Gasteiger partial charge in [0.2, 0.25) is 0 Å². The van der Waals surface area contributed by atoms with Crippen molar-refractivity contribution in [3.05, 3.63) is 53.9 Å². The molecule has 2 amide bonds. The van der Waals surface area contributed by atoms with Crippen molar-refractivity contribution in [3.8, 4) is 0 Å². The highest BCUT2D eigenvalue weighted by molar-refractivity contribution is 6.04. The fourth-order valence-electron chi connectivity index (χ4n) is 2.67. The minimum atomic E-state index is -0.373. The quantitative estimate of drug-likeness (QED) is 0.616. The zero-order valence-corrected chi connectivity index (χ0v) is 16.2. The maximum Gasteiger partial charge on any atom is 0.274 e. The van der Waals surface area contributed by atoms with Crippen LogP contribution in [0, 0.1) is 5.92 Å². The lowest BCUT2D eigenvalue weighted by Gasteiger charge is -2.14. The molecule has 144 valence electrons. The lowest BCUT2D eigenvalue weighted by Crippen LogP contribution is -2.32. The molecule has 2 aromatic rings. The van der Waals surface area contributed by atoms with Gasteiger partial charge in [-0.05, 0) is 43.5 Å². The van der Waals surface area contributed by atoms with Crippen LogP contribution in [0.25, 0.3) is 0 Å². The van der Waals surface area contributed by atoms with Gasteiger partial charge in [-0.3, -0.25) is 14.6 Å². The molecule has 0 bridgehead atoms. The molecule has 0 saturated carbocycles. The number of pyridine rings is 1.